The summed E-state index contributed by atoms with van der Waals surface area (Å²) in [5.74, 6) is 0.341. The smallest absolute Gasteiger partial charge is 0.253 e. The van der Waals surface area contributed by atoms with E-state index >= 15 is 0 Å². The van der Waals surface area contributed by atoms with Crippen LogP contribution in [0.4, 0.5) is 5.82 Å². The Morgan fingerprint density at radius 3 is 2.76 bits per heavy atom. The van der Waals surface area contributed by atoms with E-state index in [1.807, 2.05) is 31.2 Å². The molecule has 1 unspecified atom stereocenters. The van der Waals surface area contributed by atoms with E-state index in [-0.39, 0.29) is 11.9 Å². The van der Waals surface area contributed by atoms with Gasteiger partial charge < -0.3 is 10.6 Å². The molecule has 1 aromatic heterocycles. The monoisotopic (exact) mass is 367 g/mol. The molecule has 1 heterocycles. The number of nitrogens with zero attached hydrogens (tertiary/aromatic N) is 1. The van der Waals surface area contributed by atoms with Crippen LogP contribution in [-0.4, -0.2) is 17.9 Å². The van der Waals surface area contributed by atoms with Crippen molar-refractivity contribution < 1.29 is 4.79 Å². The van der Waals surface area contributed by atoms with E-state index < -0.39 is 0 Å². The number of pyridine rings is 1. The molecular weight excluding hydrogens is 354 g/mol. The molecule has 2 N–H and O–H groups in total. The predicted molar refractivity (Wildman–Crippen MR) is 88.8 cm³/mol. The minimum atomic E-state index is -0.209. The average Bonchev–Trinajstić information content (AvgIpc) is 2.47. The van der Waals surface area contributed by atoms with Crippen LogP contribution in [0.15, 0.2) is 41.0 Å². The maximum atomic E-state index is 12.2. The van der Waals surface area contributed by atoms with Crippen molar-refractivity contribution in [1.82, 2.24) is 10.3 Å². The largest absolute Gasteiger partial charge is 0.372 e. The Kier molecular flexibility index (Phi) is 5.20. The quantitative estimate of drug-likeness (QED) is 0.856. The van der Waals surface area contributed by atoms with Crippen LogP contribution in [0.5, 0.6) is 0 Å². The van der Waals surface area contributed by atoms with E-state index in [9.17, 15) is 4.79 Å². The highest BCUT2D eigenvalue weighted by molar-refractivity contribution is 9.10. The van der Waals surface area contributed by atoms with Crippen molar-refractivity contribution in [3.63, 3.8) is 0 Å². The summed E-state index contributed by atoms with van der Waals surface area (Å²) in [5.41, 5.74) is 1.45. The lowest BCUT2D eigenvalue weighted by atomic mass is 10.1. The molecule has 6 heteroatoms. The summed E-state index contributed by atoms with van der Waals surface area (Å²) in [5, 5.41) is 6.20. The third-order valence-corrected chi connectivity index (χ3v) is 3.82. The number of aromatic nitrogens is 1. The van der Waals surface area contributed by atoms with E-state index in [0.29, 0.717) is 16.4 Å². The summed E-state index contributed by atoms with van der Waals surface area (Å²) in [4.78, 5) is 16.3. The first kappa shape index (κ1) is 15.8. The maximum Gasteiger partial charge on any atom is 0.253 e. The van der Waals surface area contributed by atoms with Gasteiger partial charge in [-0.05, 0) is 30.7 Å². The van der Waals surface area contributed by atoms with Crippen molar-refractivity contribution in [2.75, 3.05) is 12.4 Å². The second kappa shape index (κ2) is 6.91. The standard InChI is InChI=1S/C15H15BrClN3O/c1-9(10-4-3-5-12(16)6-10)20-15(21)11-7-13(17)14(18-2)19-8-11/h3-9H,1-2H3,(H,18,19)(H,20,21). The zero-order chi connectivity index (χ0) is 15.4. The van der Waals surface area contributed by atoms with Gasteiger partial charge in [-0.15, -0.1) is 0 Å². The predicted octanol–water partition coefficient (Wildman–Crippen LogP) is 4.03. The number of anilines is 1. The van der Waals surface area contributed by atoms with E-state index in [1.165, 1.54) is 6.20 Å². The van der Waals surface area contributed by atoms with Crippen LogP contribution in [0.3, 0.4) is 0 Å². The first-order valence-electron chi connectivity index (χ1n) is 6.41. The average molecular weight is 369 g/mol. The molecule has 4 nitrogen and oxygen atoms in total. The number of hydrogen-bond acceptors (Lipinski definition) is 3. The molecule has 1 atom stereocenters. The van der Waals surface area contributed by atoms with Gasteiger partial charge in [0.15, 0.2) is 0 Å². The van der Waals surface area contributed by atoms with Crippen molar-refractivity contribution in [3.8, 4) is 0 Å². The lowest BCUT2D eigenvalue weighted by molar-refractivity contribution is 0.0939. The Hall–Kier alpha value is -1.59. The van der Waals surface area contributed by atoms with Crippen molar-refractivity contribution in [2.45, 2.75) is 13.0 Å². The first-order chi connectivity index (χ1) is 10.0. The second-order valence-electron chi connectivity index (χ2n) is 4.55. The number of halogens is 2. The Balaban J connectivity index is 2.12. The van der Waals surface area contributed by atoms with Crippen molar-refractivity contribution in [2.24, 2.45) is 0 Å². The van der Waals surface area contributed by atoms with Gasteiger partial charge in [0.25, 0.3) is 5.91 Å². The maximum absolute atomic E-state index is 12.2. The number of benzene rings is 1. The van der Waals surface area contributed by atoms with Gasteiger partial charge in [-0.3, -0.25) is 4.79 Å². The highest BCUT2D eigenvalue weighted by atomic mass is 79.9. The minimum absolute atomic E-state index is 0.113. The van der Waals surface area contributed by atoms with Crippen LogP contribution < -0.4 is 10.6 Å². The highest BCUT2D eigenvalue weighted by Gasteiger charge is 2.13. The fourth-order valence-corrected chi connectivity index (χ4v) is 2.56. The number of carbonyl (C=O) groups is 1. The van der Waals surface area contributed by atoms with Gasteiger partial charge in [-0.2, -0.15) is 0 Å². The topological polar surface area (TPSA) is 54.0 Å². The number of carbonyl (C=O) groups excluding carboxylic acids is 1. The van der Waals surface area contributed by atoms with Crippen LogP contribution >= 0.6 is 27.5 Å². The molecule has 0 saturated heterocycles. The third-order valence-electron chi connectivity index (χ3n) is 3.04. The summed E-state index contributed by atoms with van der Waals surface area (Å²) >= 11 is 9.46. The molecule has 0 saturated carbocycles. The zero-order valence-corrected chi connectivity index (χ0v) is 14.0. The van der Waals surface area contributed by atoms with Gasteiger partial charge in [-0.25, -0.2) is 4.98 Å². The van der Waals surface area contributed by atoms with Gasteiger partial charge in [0.1, 0.15) is 5.82 Å². The van der Waals surface area contributed by atoms with Crippen molar-refractivity contribution in [3.05, 3.63) is 57.2 Å². The lowest BCUT2D eigenvalue weighted by Gasteiger charge is -2.15. The normalized spacial score (nSPS) is 11.8. The van der Waals surface area contributed by atoms with E-state index in [1.54, 1.807) is 13.1 Å². The lowest BCUT2D eigenvalue weighted by Crippen LogP contribution is -2.26. The fourth-order valence-electron chi connectivity index (χ4n) is 1.89. The minimum Gasteiger partial charge on any atom is -0.372 e. The summed E-state index contributed by atoms with van der Waals surface area (Å²) in [6.45, 7) is 1.93. The van der Waals surface area contributed by atoms with Gasteiger partial charge in [0, 0.05) is 17.7 Å². The van der Waals surface area contributed by atoms with Gasteiger partial charge >= 0.3 is 0 Å². The molecule has 1 amide bonds. The molecule has 0 spiro atoms. The zero-order valence-electron chi connectivity index (χ0n) is 11.7. The third kappa shape index (κ3) is 3.95. The van der Waals surface area contributed by atoms with E-state index in [2.05, 4.69) is 31.5 Å². The Bertz CT molecular complexity index is 663. The molecule has 2 rings (SSSR count). The summed E-state index contributed by atoms with van der Waals surface area (Å²) in [6, 6.07) is 9.30. The van der Waals surface area contributed by atoms with Crippen LogP contribution in [0.2, 0.25) is 5.02 Å². The van der Waals surface area contributed by atoms with E-state index in [0.717, 1.165) is 10.0 Å². The molecule has 0 aliphatic heterocycles. The molecule has 2 aromatic rings. The number of nitrogens with one attached hydrogen (secondary N) is 2. The van der Waals surface area contributed by atoms with Crippen LogP contribution in [0.1, 0.15) is 28.9 Å². The van der Waals surface area contributed by atoms with Gasteiger partial charge in [-0.1, -0.05) is 39.7 Å². The van der Waals surface area contributed by atoms with Crippen LogP contribution in [-0.2, 0) is 0 Å². The van der Waals surface area contributed by atoms with Crippen LogP contribution in [0, 0.1) is 0 Å². The summed E-state index contributed by atoms with van der Waals surface area (Å²) in [7, 11) is 1.73. The first-order valence-corrected chi connectivity index (χ1v) is 7.58. The SMILES string of the molecule is CNc1ncc(C(=O)NC(C)c2cccc(Br)c2)cc1Cl. The molecule has 0 fully saturated rings. The van der Waals surface area contributed by atoms with Gasteiger partial charge in [0.05, 0.1) is 16.6 Å². The molecule has 0 aliphatic carbocycles. The molecule has 0 radical (unpaired) electrons. The van der Waals surface area contributed by atoms with Gasteiger partial charge in [0.2, 0.25) is 0 Å². The van der Waals surface area contributed by atoms with Crippen LogP contribution in [0.25, 0.3) is 0 Å². The summed E-state index contributed by atoms with van der Waals surface area (Å²) in [6.07, 6.45) is 1.50. The Morgan fingerprint density at radius 1 is 1.38 bits per heavy atom. The number of amides is 1. The molecule has 0 bridgehead atoms. The molecule has 110 valence electrons. The van der Waals surface area contributed by atoms with E-state index in [4.69, 9.17) is 11.6 Å². The summed E-state index contributed by atoms with van der Waals surface area (Å²) < 4.78 is 0.976. The Morgan fingerprint density at radius 2 is 2.14 bits per heavy atom. The molecular formula is C15H15BrClN3O. The van der Waals surface area contributed by atoms with Crippen molar-refractivity contribution >= 4 is 39.3 Å². The number of hydrogen-bond donors (Lipinski definition) is 2. The number of rotatable bonds is 4. The Labute approximate surface area is 137 Å². The highest BCUT2D eigenvalue weighted by Crippen LogP contribution is 2.21. The molecule has 21 heavy (non-hydrogen) atoms. The van der Waals surface area contributed by atoms with Crippen molar-refractivity contribution in [1.29, 1.82) is 0 Å². The second-order valence-corrected chi connectivity index (χ2v) is 5.88. The fraction of sp³-hybridized carbons (Fsp3) is 0.200. The molecule has 0 aliphatic rings. The molecule has 1 aromatic carbocycles.